The minimum Gasteiger partial charge on any atom is -0.409 e. The lowest BCUT2D eigenvalue weighted by atomic mass is 9.95. The molecule has 426 valence electrons. The Bertz CT molecular complexity index is 3410. The number of nitrogens with zero attached hydrogens (tertiary/aromatic N) is 5. The first-order chi connectivity index (χ1) is 39.9. The molecule has 5 heterocycles. The van der Waals surface area contributed by atoms with E-state index in [4.69, 9.17) is 32.7 Å². The number of piperazine rings is 2. The van der Waals surface area contributed by atoms with E-state index in [-0.39, 0.29) is 92.2 Å². The van der Waals surface area contributed by atoms with Crippen LogP contribution in [0.4, 0.5) is 26.7 Å². The topological polar surface area (TPSA) is 219 Å². The molecule has 0 aromatic heterocycles. The van der Waals surface area contributed by atoms with Crippen LogP contribution in [0.25, 0.3) is 33.7 Å². The monoisotopic (exact) mass is 1150 g/mol. The largest absolute Gasteiger partial charge is 0.415 e. The molecule has 0 spiro atoms. The second-order valence-electron chi connectivity index (χ2n) is 20.6. The molecule has 21 heteroatoms. The predicted octanol–water partition coefficient (Wildman–Crippen LogP) is 7.50. The summed E-state index contributed by atoms with van der Waals surface area (Å²) in [7, 11) is 0. The highest BCUT2D eigenvalue weighted by Crippen LogP contribution is 2.47. The van der Waals surface area contributed by atoms with Crippen molar-refractivity contribution in [2.24, 2.45) is 0 Å². The lowest BCUT2D eigenvalue weighted by molar-refractivity contribution is -0.137. The summed E-state index contributed by atoms with van der Waals surface area (Å²) in [6.45, 7) is 5.46. The van der Waals surface area contributed by atoms with E-state index >= 15 is 0 Å². The Morgan fingerprint density at radius 2 is 1.11 bits per heavy atom. The van der Waals surface area contributed by atoms with E-state index in [1.54, 1.807) is 62.1 Å². The number of carbonyl (C=O) groups is 8. The van der Waals surface area contributed by atoms with Gasteiger partial charge in [0.2, 0.25) is 11.8 Å². The van der Waals surface area contributed by atoms with Crippen molar-refractivity contribution in [1.82, 2.24) is 30.7 Å². The van der Waals surface area contributed by atoms with Crippen molar-refractivity contribution in [3.05, 3.63) is 125 Å². The third-order valence-corrected chi connectivity index (χ3v) is 16.1. The molecule has 82 heavy (non-hydrogen) atoms. The Hall–Kier alpha value is -8.10. The highest BCUT2D eigenvalue weighted by Gasteiger charge is 2.37. The number of hydrogen-bond donors (Lipinski definition) is 4. The molecule has 0 aliphatic carbocycles. The fraction of sp³-hybridized carbons (Fsp3) is 0.344. The van der Waals surface area contributed by atoms with Gasteiger partial charge in [0.15, 0.2) is 0 Å². The summed E-state index contributed by atoms with van der Waals surface area (Å²) in [5.74, 6) is -1.44. The van der Waals surface area contributed by atoms with Gasteiger partial charge in [-0.15, -0.1) is 23.2 Å². The van der Waals surface area contributed by atoms with Gasteiger partial charge < -0.3 is 50.3 Å². The van der Waals surface area contributed by atoms with Crippen molar-refractivity contribution in [3.63, 3.8) is 0 Å². The Balaban J connectivity index is 0.877. The van der Waals surface area contributed by atoms with Crippen LogP contribution < -0.4 is 40.5 Å². The Morgan fingerprint density at radius 1 is 0.598 bits per heavy atom. The summed E-state index contributed by atoms with van der Waals surface area (Å²) >= 11 is 13.2. The lowest BCUT2D eigenvalue weighted by Gasteiger charge is -2.27. The lowest BCUT2D eigenvalue weighted by Crippen LogP contribution is -2.47. The zero-order chi connectivity index (χ0) is 57.3. The van der Waals surface area contributed by atoms with Gasteiger partial charge in [-0.1, -0.05) is 67.1 Å². The number of hydrogen-bond acceptors (Lipinski definition) is 12. The number of halogens is 2. The van der Waals surface area contributed by atoms with E-state index in [1.807, 2.05) is 48.5 Å². The summed E-state index contributed by atoms with van der Waals surface area (Å²) in [6.07, 6.45) is 9.38. The molecule has 5 aromatic carbocycles. The first kappa shape index (κ1) is 57.1. The van der Waals surface area contributed by atoms with Crippen molar-refractivity contribution in [3.8, 4) is 11.5 Å². The molecule has 0 saturated carbocycles. The number of ether oxygens (including phenoxy) is 2. The molecule has 2 fully saturated rings. The maximum atomic E-state index is 14.4. The van der Waals surface area contributed by atoms with Crippen LogP contribution in [0.2, 0.25) is 0 Å². The number of benzene rings is 5. The van der Waals surface area contributed by atoms with Crippen LogP contribution in [0.3, 0.4) is 0 Å². The normalized spacial score (nSPS) is 17.8. The SMILES string of the molecule is O=C(CCCCCN1C(=O)C=CC1=O)NCCC(=O)Nc1cc(C=CC(=O)N2CC(CCl)c3c2cc(OC(=O)N2CCNCC2)c2ccccc32)ccc1C=CC(=O)N1CC(CCl)c2c1cc(OC(=O)N1CCNCC1)c1ccccc21. The number of fused-ring (bicyclic) bond motifs is 6. The molecular formula is C61H63Cl2N9O10. The van der Waals surface area contributed by atoms with Gasteiger partial charge in [-0.05, 0) is 64.1 Å². The zero-order valence-electron chi connectivity index (χ0n) is 45.1. The van der Waals surface area contributed by atoms with Crippen molar-refractivity contribution >= 4 is 122 Å². The smallest absolute Gasteiger partial charge is 0.409 e. The summed E-state index contributed by atoms with van der Waals surface area (Å²) in [5.41, 5.74) is 4.22. The fourth-order valence-electron chi connectivity index (χ4n) is 11.1. The summed E-state index contributed by atoms with van der Waals surface area (Å²) in [6, 6.07) is 23.8. The Labute approximate surface area is 484 Å². The van der Waals surface area contributed by atoms with Gasteiger partial charge >= 0.3 is 12.2 Å². The van der Waals surface area contributed by atoms with Gasteiger partial charge in [-0.3, -0.25) is 33.7 Å². The molecule has 2 unspecified atom stereocenters. The first-order valence-electron chi connectivity index (χ1n) is 27.7. The minimum absolute atomic E-state index is 0.0364. The maximum absolute atomic E-state index is 14.4. The first-order valence-corrected chi connectivity index (χ1v) is 28.8. The molecule has 4 N–H and O–H groups in total. The van der Waals surface area contributed by atoms with E-state index in [0.29, 0.717) is 111 Å². The second-order valence-corrected chi connectivity index (χ2v) is 21.3. The Kier molecular flexibility index (Phi) is 18.3. The van der Waals surface area contributed by atoms with Crippen molar-refractivity contribution in [2.45, 2.75) is 43.9 Å². The molecule has 2 saturated heterocycles. The van der Waals surface area contributed by atoms with Crippen LogP contribution in [0.15, 0.2) is 103 Å². The number of nitrogens with one attached hydrogen (secondary N) is 4. The van der Waals surface area contributed by atoms with Crippen LogP contribution in [-0.4, -0.2) is 153 Å². The van der Waals surface area contributed by atoms with E-state index in [2.05, 4.69) is 21.3 Å². The molecule has 10 rings (SSSR count). The highest BCUT2D eigenvalue weighted by molar-refractivity contribution is 6.20. The van der Waals surface area contributed by atoms with Gasteiger partial charge in [0.25, 0.3) is 23.6 Å². The quantitative estimate of drug-likeness (QED) is 0.0290. The number of carbonyl (C=O) groups excluding carboxylic acids is 8. The van der Waals surface area contributed by atoms with Crippen LogP contribution >= 0.6 is 23.2 Å². The maximum Gasteiger partial charge on any atom is 0.415 e. The average molecular weight is 1150 g/mol. The van der Waals surface area contributed by atoms with E-state index in [0.717, 1.165) is 32.7 Å². The zero-order valence-corrected chi connectivity index (χ0v) is 46.6. The predicted molar refractivity (Wildman–Crippen MR) is 316 cm³/mol. The van der Waals surface area contributed by atoms with Crippen LogP contribution in [-0.2, 0) is 28.8 Å². The molecule has 19 nitrogen and oxygen atoms in total. The van der Waals surface area contributed by atoms with Gasteiger partial charge in [0.1, 0.15) is 11.5 Å². The molecule has 5 aromatic rings. The number of anilines is 3. The van der Waals surface area contributed by atoms with Crippen molar-refractivity contribution < 1.29 is 47.8 Å². The third kappa shape index (κ3) is 12.8. The molecule has 5 aliphatic rings. The van der Waals surface area contributed by atoms with E-state index < -0.39 is 18.1 Å². The van der Waals surface area contributed by atoms with Crippen LogP contribution in [0, 0.1) is 0 Å². The molecule has 0 bridgehead atoms. The third-order valence-electron chi connectivity index (χ3n) is 15.3. The number of rotatable bonds is 18. The van der Waals surface area contributed by atoms with Gasteiger partial charge in [0.05, 0.1) is 11.4 Å². The number of amides is 8. The molecular weight excluding hydrogens is 1090 g/mol. The van der Waals surface area contributed by atoms with Gasteiger partial charge in [0, 0.05) is 168 Å². The van der Waals surface area contributed by atoms with E-state index in [9.17, 15) is 38.4 Å². The van der Waals surface area contributed by atoms with E-state index in [1.165, 1.54) is 29.2 Å². The summed E-state index contributed by atoms with van der Waals surface area (Å²) in [5, 5.41) is 15.3. The number of alkyl halides is 2. The Morgan fingerprint density at radius 3 is 1.63 bits per heavy atom. The minimum atomic E-state index is -0.483. The van der Waals surface area contributed by atoms with Gasteiger partial charge in [-0.2, -0.15) is 0 Å². The summed E-state index contributed by atoms with van der Waals surface area (Å²) < 4.78 is 12.1. The van der Waals surface area contributed by atoms with Crippen LogP contribution in [0.1, 0.15) is 66.2 Å². The van der Waals surface area contributed by atoms with Crippen molar-refractivity contribution in [1.29, 1.82) is 0 Å². The number of unbranched alkanes of at least 4 members (excludes halogenated alkanes) is 2. The molecule has 0 radical (unpaired) electrons. The molecule has 5 aliphatic heterocycles. The molecule has 2 atom stereocenters. The number of imide groups is 1. The van der Waals surface area contributed by atoms with Crippen LogP contribution in [0.5, 0.6) is 11.5 Å². The van der Waals surface area contributed by atoms with Crippen molar-refractivity contribution in [2.75, 3.05) is 105 Å². The fourth-order valence-corrected chi connectivity index (χ4v) is 11.6. The summed E-state index contributed by atoms with van der Waals surface area (Å²) in [4.78, 5) is 113. The standard InChI is InChI=1S/C61H63Cl2N9O10/c62-35-41-37-71(48-33-50(43-8-3-5-10-45(43)58(41)48)81-60(79)68-28-23-64-24-29-68)56(77)17-14-39-13-15-40(47(32-39)67-53(74)21-22-66-52(73)12-2-1-7-27-70-54(75)19-20-55(70)76)16-18-57(78)72-38-42(36-63)59-46-11-6-4-9-44(46)51(34-49(59)72)82-61(80)69-30-25-65-26-31-69/h3-6,8-11,13-20,32-34,41-42,64-65H,1-2,7,12,21-31,35-38H2,(H,66,73)(H,67,74). The molecule has 8 amide bonds. The highest BCUT2D eigenvalue weighted by atomic mass is 35.5. The average Bonchev–Trinajstić information content (AvgIpc) is 3.31. The van der Waals surface area contributed by atoms with Gasteiger partial charge in [-0.25, -0.2) is 9.59 Å². The second kappa shape index (κ2) is 26.2.